The predicted molar refractivity (Wildman–Crippen MR) is 78.4 cm³/mol. The second-order valence-electron chi connectivity index (χ2n) is 5.60. The van der Waals surface area contributed by atoms with Gasteiger partial charge in [-0.2, -0.15) is 0 Å². The minimum absolute atomic E-state index is 0.156. The SMILES string of the molecule is CC1CCN(CCCNC(=O)c2ccc(CN)o2)CC1. The Hall–Kier alpha value is -1.33. The third-order valence-electron chi connectivity index (χ3n) is 3.90. The smallest absolute Gasteiger partial charge is 0.286 e. The van der Waals surface area contributed by atoms with Crippen molar-refractivity contribution in [1.82, 2.24) is 10.2 Å². The van der Waals surface area contributed by atoms with Crippen LogP contribution < -0.4 is 11.1 Å². The first-order valence-electron chi connectivity index (χ1n) is 7.48. The van der Waals surface area contributed by atoms with Gasteiger partial charge in [0.25, 0.3) is 5.91 Å². The zero-order valence-electron chi connectivity index (χ0n) is 12.2. The highest BCUT2D eigenvalue weighted by atomic mass is 16.4. The predicted octanol–water partition coefficient (Wildman–Crippen LogP) is 1.59. The Morgan fingerprint density at radius 2 is 2.20 bits per heavy atom. The third-order valence-corrected chi connectivity index (χ3v) is 3.90. The monoisotopic (exact) mass is 279 g/mol. The average Bonchev–Trinajstić information content (AvgIpc) is 2.94. The molecule has 0 saturated carbocycles. The molecule has 0 unspecified atom stereocenters. The summed E-state index contributed by atoms with van der Waals surface area (Å²) in [4.78, 5) is 14.3. The maximum absolute atomic E-state index is 11.8. The van der Waals surface area contributed by atoms with Crippen LogP contribution in [0.4, 0.5) is 0 Å². The fourth-order valence-electron chi connectivity index (χ4n) is 2.49. The van der Waals surface area contributed by atoms with E-state index in [2.05, 4.69) is 17.1 Å². The molecule has 1 aromatic heterocycles. The van der Waals surface area contributed by atoms with Crippen molar-refractivity contribution in [2.45, 2.75) is 32.7 Å². The lowest BCUT2D eigenvalue weighted by Crippen LogP contribution is -2.35. The Labute approximate surface area is 120 Å². The van der Waals surface area contributed by atoms with Crippen molar-refractivity contribution in [2.24, 2.45) is 11.7 Å². The number of nitrogens with two attached hydrogens (primary N) is 1. The van der Waals surface area contributed by atoms with Crippen molar-refractivity contribution in [3.05, 3.63) is 23.7 Å². The largest absolute Gasteiger partial charge is 0.455 e. The molecule has 2 heterocycles. The van der Waals surface area contributed by atoms with Crippen molar-refractivity contribution in [3.8, 4) is 0 Å². The maximum Gasteiger partial charge on any atom is 0.286 e. The van der Waals surface area contributed by atoms with Gasteiger partial charge in [-0.15, -0.1) is 0 Å². The summed E-state index contributed by atoms with van der Waals surface area (Å²) >= 11 is 0. The number of piperidine rings is 1. The van der Waals surface area contributed by atoms with Crippen molar-refractivity contribution in [3.63, 3.8) is 0 Å². The van der Waals surface area contributed by atoms with Crippen LogP contribution in [0, 0.1) is 5.92 Å². The van der Waals surface area contributed by atoms with Crippen molar-refractivity contribution < 1.29 is 9.21 Å². The van der Waals surface area contributed by atoms with Gasteiger partial charge in [0.2, 0.25) is 0 Å². The van der Waals surface area contributed by atoms with E-state index in [4.69, 9.17) is 10.2 Å². The molecule has 0 aromatic carbocycles. The molecule has 1 amide bonds. The van der Waals surface area contributed by atoms with Crippen LogP contribution in [0.25, 0.3) is 0 Å². The number of hydrogen-bond acceptors (Lipinski definition) is 4. The average molecular weight is 279 g/mol. The Bertz CT molecular complexity index is 423. The molecular formula is C15H25N3O2. The highest BCUT2D eigenvalue weighted by Gasteiger charge is 2.15. The van der Waals surface area contributed by atoms with Crippen LogP contribution in [0.1, 0.15) is 42.5 Å². The van der Waals surface area contributed by atoms with Gasteiger partial charge in [-0.3, -0.25) is 4.79 Å². The molecule has 20 heavy (non-hydrogen) atoms. The van der Waals surface area contributed by atoms with Gasteiger partial charge < -0.3 is 20.4 Å². The molecule has 0 aliphatic carbocycles. The van der Waals surface area contributed by atoms with Gasteiger partial charge in [-0.1, -0.05) is 6.92 Å². The van der Waals surface area contributed by atoms with E-state index in [9.17, 15) is 4.79 Å². The highest BCUT2D eigenvalue weighted by molar-refractivity contribution is 5.91. The van der Waals surface area contributed by atoms with Crippen molar-refractivity contribution in [2.75, 3.05) is 26.2 Å². The topological polar surface area (TPSA) is 71.5 Å². The molecule has 5 heteroatoms. The number of hydrogen-bond donors (Lipinski definition) is 2. The number of nitrogens with one attached hydrogen (secondary N) is 1. The minimum atomic E-state index is -0.156. The summed E-state index contributed by atoms with van der Waals surface area (Å²) in [5.74, 6) is 1.69. The van der Waals surface area contributed by atoms with E-state index in [0.717, 1.165) is 18.9 Å². The zero-order valence-corrected chi connectivity index (χ0v) is 12.2. The lowest BCUT2D eigenvalue weighted by Gasteiger charge is -2.30. The van der Waals surface area contributed by atoms with Gasteiger partial charge in [0, 0.05) is 6.54 Å². The summed E-state index contributed by atoms with van der Waals surface area (Å²) in [5, 5.41) is 2.88. The van der Waals surface area contributed by atoms with Gasteiger partial charge in [-0.25, -0.2) is 0 Å². The molecule has 1 saturated heterocycles. The van der Waals surface area contributed by atoms with Crippen LogP contribution in [-0.4, -0.2) is 37.0 Å². The molecule has 0 radical (unpaired) electrons. The first-order chi connectivity index (χ1) is 9.69. The first kappa shape index (κ1) is 15.1. The summed E-state index contributed by atoms with van der Waals surface area (Å²) in [6.07, 6.45) is 3.56. The second kappa shape index (κ2) is 7.45. The number of amides is 1. The molecule has 1 aliphatic heterocycles. The fourth-order valence-corrected chi connectivity index (χ4v) is 2.49. The van der Waals surface area contributed by atoms with E-state index in [1.54, 1.807) is 12.1 Å². The molecule has 1 aliphatic rings. The molecule has 5 nitrogen and oxygen atoms in total. The zero-order chi connectivity index (χ0) is 14.4. The van der Waals surface area contributed by atoms with Crippen molar-refractivity contribution in [1.29, 1.82) is 0 Å². The number of furan rings is 1. The highest BCUT2D eigenvalue weighted by Crippen LogP contribution is 2.15. The summed E-state index contributed by atoms with van der Waals surface area (Å²) in [5.41, 5.74) is 5.45. The number of rotatable bonds is 6. The Morgan fingerprint density at radius 3 is 2.85 bits per heavy atom. The molecule has 0 atom stereocenters. The van der Waals surface area contributed by atoms with Crippen LogP contribution in [0.2, 0.25) is 0 Å². The van der Waals surface area contributed by atoms with Gasteiger partial charge >= 0.3 is 0 Å². The summed E-state index contributed by atoms with van der Waals surface area (Å²) in [7, 11) is 0. The van der Waals surface area contributed by atoms with E-state index in [1.165, 1.54) is 25.9 Å². The first-order valence-corrected chi connectivity index (χ1v) is 7.48. The molecule has 2 rings (SSSR count). The van der Waals surface area contributed by atoms with Crippen molar-refractivity contribution >= 4 is 5.91 Å². The van der Waals surface area contributed by atoms with E-state index in [1.807, 2.05) is 0 Å². The molecule has 112 valence electrons. The lowest BCUT2D eigenvalue weighted by molar-refractivity contribution is 0.0921. The molecule has 1 aromatic rings. The van der Waals surface area contributed by atoms with Gasteiger partial charge in [-0.05, 0) is 56.9 Å². The van der Waals surface area contributed by atoms with Crippen LogP contribution >= 0.6 is 0 Å². The number of carbonyl (C=O) groups excluding carboxylic acids is 1. The van der Waals surface area contributed by atoms with E-state index in [-0.39, 0.29) is 5.91 Å². The van der Waals surface area contributed by atoms with Crippen LogP contribution in [0.15, 0.2) is 16.5 Å². The van der Waals surface area contributed by atoms with Crippen LogP contribution in [0.5, 0.6) is 0 Å². The molecule has 0 bridgehead atoms. The summed E-state index contributed by atoms with van der Waals surface area (Å²) in [6.45, 7) is 6.75. The standard InChI is InChI=1S/C15H25N3O2/c1-12-5-9-18(10-6-12)8-2-7-17-15(19)14-4-3-13(11-16)20-14/h3-4,12H,2,5-11,16H2,1H3,(H,17,19). The van der Waals surface area contributed by atoms with Gasteiger partial charge in [0.1, 0.15) is 5.76 Å². The number of nitrogens with zero attached hydrogens (tertiary/aromatic N) is 1. The van der Waals surface area contributed by atoms with Crippen LogP contribution in [0.3, 0.4) is 0 Å². The second-order valence-corrected chi connectivity index (χ2v) is 5.60. The normalized spacial score (nSPS) is 17.3. The number of carbonyl (C=O) groups is 1. The number of likely N-dealkylation sites (tertiary alicyclic amines) is 1. The minimum Gasteiger partial charge on any atom is -0.455 e. The Kier molecular flexibility index (Phi) is 5.61. The van der Waals surface area contributed by atoms with E-state index in [0.29, 0.717) is 24.6 Å². The lowest BCUT2D eigenvalue weighted by atomic mass is 9.99. The summed E-state index contributed by atoms with van der Waals surface area (Å²) in [6, 6.07) is 3.41. The maximum atomic E-state index is 11.8. The summed E-state index contributed by atoms with van der Waals surface area (Å²) < 4.78 is 5.31. The molecule has 3 N–H and O–H groups in total. The van der Waals surface area contributed by atoms with Gasteiger partial charge in [0.05, 0.1) is 6.54 Å². The fraction of sp³-hybridized carbons (Fsp3) is 0.667. The third kappa shape index (κ3) is 4.35. The molecule has 0 spiro atoms. The van der Waals surface area contributed by atoms with Gasteiger partial charge in [0.15, 0.2) is 5.76 Å². The Balaban J connectivity index is 1.62. The van der Waals surface area contributed by atoms with E-state index < -0.39 is 0 Å². The van der Waals surface area contributed by atoms with Crippen LogP contribution in [-0.2, 0) is 6.54 Å². The molecule has 1 fully saturated rings. The van der Waals surface area contributed by atoms with E-state index >= 15 is 0 Å². The quantitative estimate of drug-likeness (QED) is 0.776. The molecular weight excluding hydrogens is 254 g/mol. The Morgan fingerprint density at radius 1 is 1.45 bits per heavy atom.